The molecule has 0 fully saturated rings. The Kier molecular flexibility index (Phi) is 12.3. The SMILES string of the molecule is CC(C)(C)c1cc2c(cc1-c1ccccc1)Cc1c-2cc(C(C)(C)C)c(-c2ccccc2)[c]1/[Zr+2]([C]1=CC=CC1)=[C](/c1ccccc1)c1cccc(Cl)c1.[Cl-].[Cl-]. The van der Waals surface area contributed by atoms with E-state index in [0.717, 1.165) is 17.9 Å². The van der Waals surface area contributed by atoms with Gasteiger partial charge in [-0.25, -0.2) is 0 Å². The minimum absolute atomic E-state index is 0. The summed E-state index contributed by atoms with van der Waals surface area (Å²) in [6, 6.07) is 49.8. The molecule has 0 aliphatic heterocycles. The fourth-order valence-electron chi connectivity index (χ4n) is 8.41. The average Bonchev–Trinajstić information content (AvgIpc) is 3.81. The van der Waals surface area contributed by atoms with Crippen molar-refractivity contribution in [3.05, 3.63) is 193 Å². The number of fused-ring (bicyclic) bond motifs is 3. The Bertz CT molecular complexity index is 2440. The third kappa shape index (κ3) is 8.02. The van der Waals surface area contributed by atoms with Crippen LogP contribution in [0.3, 0.4) is 0 Å². The van der Waals surface area contributed by atoms with Gasteiger partial charge in [-0.05, 0) is 0 Å². The summed E-state index contributed by atoms with van der Waals surface area (Å²) in [5.41, 5.74) is 16.5. The van der Waals surface area contributed by atoms with Gasteiger partial charge in [0, 0.05) is 0 Å². The maximum Gasteiger partial charge on any atom is -1.00 e. The zero-order valence-corrected chi connectivity index (χ0v) is 37.2. The predicted molar refractivity (Wildman–Crippen MR) is 226 cm³/mol. The molecule has 6 aromatic carbocycles. The van der Waals surface area contributed by atoms with Crippen LogP contribution < -0.4 is 28.1 Å². The summed E-state index contributed by atoms with van der Waals surface area (Å²) in [5.74, 6) is 0. The molecular formula is C51H47Cl3Zr. The van der Waals surface area contributed by atoms with E-state index in [2.05, 4.69) is 187 Å². The third-order valence-corrected chi connectivity index (χ3v) is 18.8. The molecule has 0 bridgehead atoms. The van der Waals surface area contributed by atoms with Crippen molar-refractivity contribution in [1.82, 2.24) is 0 Å². The van der Waals surface area contributed by atoms with Crippen LogP contribution in [0, 0.1) is 0 Å². The van der Waals surface area contributed by atoms with E-state index in [9.17, 15) is 0 Å². The molecule has 0 spiro atoms. The fraction of sp³-hybridized carbons (Fsp3) is 0.196. The van der Waals surface area contributed by atoms with Crippen LogP contribution in [0.2, 0.25) is 5.02 Å². The largest absolute Gasteiger partial charge is 1.00 e. The first-order chi connectivity index (χ1) is 25.5. The molecule has 0 atom stereocenters. The van der Waals surface area contributed by atoms with Gasteiger partial charge >= 0.3 is 331 Å². The van der Waals surface area contributed by atoms with E-state index in [-0.39, 0.29) is 35.6 Å². The molecule has 55 heavy (non-hydrogen) atoms. The van der Waals surface area contributed by atoms with E-state index in [1.165, 1.54) is 70.0 Å². The predicted octanol–water partition coefficient (Wildman–Crippen LogP) is 7.20. The molecule has 0 unspecified atom stereocenters. The van der Waals surface area contributed by atoms with Gasteiger partial charge in [-0.2, -0.15) is 0 Å². The van der Waals surface area contributed by atoms with Crippen LogP contribution in [0.5, 0.6) is 0 Å². The van der Waals surface area contributed by atoms with Crippen LogP contribution >= 0.6 is 11.6 Å². The Balaban J connectivity index is 0.00000257. The van der Waals surface area contributed by atoms with Gasteiger partial charge in [0.05, 0.1) is 0 Å². The van der Waals surface area contributed by atoms with Gasteiger partial charge < -0.3 is 24.8 Å². The fourth-order valence-corrected chi connectivity index (χ4v) is 17.0. The summed E-state index contributed by atoms with van der Waals surface area (Å²) in [6.45, 7) is 14.3. The van der Waals surface area contributed by atoms with E-state index >= 15 is 0 Å². The standard InChI is InChI=1S/C33H33.C13H9Cl.C5H5.2ClH.Zr/c1-32(2,3)30-20-26-24(18-28(30)22-13-9-7-10-14-22)17-25-19-29(23-15-11-8-12-16-23)31(21-27(25)26)33(4,5)6;14-13-8-4-7-12(10-13)9-11-5-2-1-3-6-11;1-2-4-5-3-1;;;/h7-16,18,20-21H,17H2,1-6H3;1-8,10H;1-3H,4H2;2*1H;/q;;;;;+2/p-2. The molecule has 8 rings (SSSR count). The van der Waals surface area contributed by atoms with Gasteiger partial charge in [-0.15, -0.1) is 0 Å². The number of hydrogen-bond donors (Lipinski definition) is 0. The molecule has 0 saturated carbocycles. The maximum absolute atomic E-state index is 6.85. The van der Waals surface area contributed by atoms with E-state index in [1.807, 2.05) is 6.07 Å². The molecular weight excluding hydrogens is 810 g/mol. The minimum Gasteiger partial charge on any atom is -1.00 e. The second-order valence-corrected chi connectivity index (χ2v) is 22.9. The van der Waals surface area contributed by atoms with Crippen molar-refractivity contribution < 1.29 is 46.1 Å². The van der Waals surface area contributed by atoms with Gasteiger partial charge in [-0.1, -0.05) is 0 Å². The number of allylic oxidation sites excluding steroid dienone is 4. The molecule has 6 aromatic rings. The topological polar surface area (TPSA) is 0 Å². The monoisotopic (exact) mass is 854 g/mol. The smallest absolute Gasteiger partial charge is 1.00 e. The van der Waals surface area contributed by atoms with Crippen LogP contribution in [0.1, 0.15) is 81.3 Å². The Hall–Kier alpha value is -3.58. The number of halogens is 3. The molecule has 2 aliphatic rings. The van der Waals surface area contributed by atoms with Crippen molar-refractivity contribution in [3.8, 4) is 33.4 Å². The minimum atomic E-state index is -3.08. The second-order valence-electron chi connectivity index (χ2n) is 16.6. The van der Waals surface area contributed by atoms with Gasteiger partial charge in [0.15, 0.2) is 0 Å². The van der Waals surface area contributed by atoms with E-state index in [1.54, 1.807) is 6.55 Å². The van der Waals surface area contributed by atoms with Gasteiger partial charge in [0.25, 0.3) is 0 Å². The molecule has 0 N–H and O–H groups in total. The Morgan fingerprint density at radius 3 is 1.75 bits per heavy atom. The summed E-state index contributed by atoms with van der Waals surface area (Å²) in [7, 11) is 0. The van der Waals surface area contributed by atoms with Crippen LogP contribution in [0.4, 0.5) is 0 Å². The zero-order chi connectivity index (χ0) is 36.9. The molecule has 0 saturated heterocycles. The molecule has 0 radical (unpaired) electrons. The third-order valence-electron chi connectivity index (χ3n) is 10.9. The summed E-state index contributed by atoms with van der Waals surface area (Å²) < 4.78 is 4.71. The quantitative estimate of drug-likeness (QED) is 0.166. The van der Waals surface area contributed by atoms with E-state index < -0.39 is 21.3 Å². The molecule has 0 nitrogen and oxygen atoms in total. The van der Waals surface area contributed by atoms with Gasteiger partial charge in [0.2, 0.25) is 0 Å². The first-order valence-electron chi connectivity index (χ1n) is 18.9. The normalized spacial score (nSPS) is 13.3. The molecule has 4 heteroatoms. The van der Waals surface area contributed by atoms with Crippen molar-refractivity contribution in [3.63, 3.8) is 0 Å². The van der Waals surface area contributed by atoms with Crippen molar-refractivity contribution in [2.45, 2.75) is 65.2 Å². The van der Waals surface area contributed by atoms with Crippen molar-refractivity contribution in [2.75, 3.05) is 0 Å². The average molecular weight is 858 g/mol. The molecule has 0 aromatic heterocycles. The number of hydrogen-bond acceptors (Lipinski definition) is 0. The number of rotatable bonds is 6. The molecule has 0 amide bonds. The first-order valence-corrected chi connectivity index (χ1v) is 23.0. The van der Waals surface area contributed by atoms with Crippen LogP contribution in [-0.2, 0) is 38.5 Å². The zero-order valence-electron chi connectivity index (χ0n) is 32.5. The summed E-state index contributed by atoms with van der Waals surface area (Å²) in [5, 5.41) is 0.782. The summed E-state index contributed by atoms with van der Waals surface area (Å²) in [6.07, 6.45) is 9.04. The van der Waals surface area contributed by atoms with Crippen LogP contribution in [-0.4, -0.2) is 3.21 Å². The Labute approximate surface area is 353 Å². The van der Waals surface area contributed by atoms with Gasteiger partial charge in [-0.3, -0.25) is 0 Å². The van der Waals surface area contributed by atoms with Crippen molar-refractivity contribution in [1.29, 1.82) is 0 Å². The molecule has 2 aliphatic carbocycles. The molecule has 0 heterocycles. The van der Waals surface area contributed by atoms with E-state index in [4.69, 9.17) is 11.6 Å². The van der Waals surface area contributed by atoms with Crippen molar-refractivity contribution in [2.24, 2.45) is 0 Å². The van der Waals surface area contributed by atoms with Crippen LogP contribution in [0.15, 0.2) is 155 Å². The van der Waals surface area contributed by atoms with E-state index in [0.29, 0.717) is 0 Å². The Morgan fingerprint density at radius 1 is 0.582 bits per heavy atom. The summed E-state index contributed by atoms with van der Waals surface area (Å²) >= 11 is 3.77. The maximum atomic E-state index is 6.85. The number of benzene rings is 6. The Morgan fingerprint density at radius 2 is 1.16 bits per heavy atom. The molecule has 276 valence electrons. The first kappa shape index (κ1) is 41.1. The van der Waals surface area contributed by atoms with Gasteiger partial charge in [0.1, 0.15) is 0 Å². The second kappa shape index (κ2) is 16.5. The van der Waals surface area contributed by atoms with Crippen LogP contribution in [0.25, 0.3) is 33.4 Å². The summed E-state index contributed by atoms with van der Waals surface area (Å²) in [4.78, 5) is 0. The van der Waals surface area contributed by atoms with Crippen molar-refractivity contribution >= 4 is 18.1 Å².